The van der Waals surface area contributed by atoms with Crippen LogP contribution in [0.25, 0.3) is 0 Å². The Labute approximate surface area is 123 Å². The lowest BCUT2D eigenvalue weighted by Gasteiger charge is -2.14. The average Bonchev–Trinajstić information content (AvgIpc) is 2.37. The smallest absolute Gasteiger partial charge is 0.337 e. The van der Waals surface area contributed by atoms with Gasteiger partial charge in [0.25, 0.3) is 10.1 Å². The molecule has 0 heterocycles. The van der Waals surface area contributed by atoms with Crippen molar-refractivity contribution < 1.29 is 41.1 Å². The summed E-state index contributed by atoms with van der Waals surface area (Å²) < 4.78 is 45.5. The molecule has 0 fully saturated rings. The van der Waals surface area contributed by atoms with Crippen molar-refractivity contribution in [3.8, 4) is 0 Å². The summed E-state index contributed by atoms with van der Waals surface area (Å²) in [6.07, 6.45) is -1.41. The van der Waals surface area contributed by atoms with Crippen LogP contribution in [-0.2, 0) is 42.8 Å². The second kappa shape index (κ2) is 10.5. The van der Waals surface area contributed by atoms with Gasteiger partial charge in [-0.2, -0.15) is 8.42 Å². The SMILES string of the molecule is COCCOC(=O)CC(OS(C)(=O)=O)C(=O)OCCOC. The summed E-state index contributed by atoms with van der Waals surface area (Å²) in [6.45, 7) is 0.217. The number of ether oxygens (including phenoxy) is 4. The molecule has 0 rings (SSSR count). The first-order chi connectivity index (χ1) is 9.80. The van der Waals surface area contributed by atoms with Crippen LogP contribution in [0.5, 0.6) is 0 Å². The van der Waals surface area contributed by atoms with Crippen LogP contribution in [0.4, 0.5) is 0 Å². The van der Waals surface area contributed by atoms with Crippen LogP contribution in [-0.4, -0.2) is 73.4 Å². The van der Waals surface area contributed by atoms with Crippen LogP contribution in [0.2, 0.25) is 0 Å². The maximum absolute atomic E-state index is 11.7. The van der Waals surface area contributed by atoms with Gasteiger partial charge in [-0.3, -0.25) is 8.98 Å². The largest absolute Gasteiger partial charge is 0.463 e. The number of carbonyl (C=O) groups is 2. The second-order valence-corrected chi connectivity index (χ2v) is 5.47. The Morgan fingerprint density at radius 1 is 0.952 bits per heavy atom. The van der Waals surface area contributed by atoms with E-state index in [4.69, 9.17) is 9.47 Å². The van der Waals surface area contributed by atoms with E-state index in [2.05, 4.69) is 13.7 Å². The van der Waals surface area contributed by atoms with Crippen LogP contribution in [0, 0.1) is 0 Å². The molecule has 1 unspecified atom stereocenters. The molecule has 9 nitrogen and oxygen atoms in total. The van der Waals surface area contributed by atoms with Gasteiger partial charge < -0.3 is 18.9 Å². The molecule has 0 aromatic carbocycles. The highest BCUT2D eigenvalue weighted by Crippen LogP contribution is 2.07. The number of rotatable bonds is 11. The summed E-state index contributed by atoms with van der Waals surface area (Å²) in [5, 5.41) is 0. The summed E-state index contributed by atoms with van der Waals surface area (Å²) in [5.74, 6) is -1.79. The van der Waals surface area contributed by atoms with E-state index < -0.39 is 34.6 Å². The van der Waals surface area contributed by atoms with Crippen molar-refractivity contribution in [1.82, 2.24) is 0 Å². The molecule has 1 atom stereocenters. The molecule has 0 aliphatic carbocycles. The van der Waals surface area contributed by atoms with Crippen molar-refractivity contribution in [2.24, 2.45) is 0 Å². The minimum absolute atomic E-state index is 0.0142. The predicted octanol–water partition coefficient (Wildman–Crippen LogP) is -0.899. The molecule has 0 bridgehead atoms. The summed E-state index contributed by atoms with van der Waals surface area (Å²) >= 11 is 0. The third kappa shape index (κ3) is 11.1. The molecule has 0 aliphatic heterocycles. The zero-order valence-electron chi connectivity index (χ0n) is 12.2. The molecule has 0 radical (unpaired) electrons. The molecule has 10 heteroatoms. The van der Waals surface area contributed by atoms with Crippen LogP contribution in [0.1, 0.15) is 6.42 Å². The number of carbonyl (C=O) groups excluding carboxylic acids is 2. The molecule has 0 N–H and O–H groups in total. The molecule has 0 saturated carbocycles. The zero-order chi connectivity index (χ0) is 16.3. The molecule has 0 aromatic rings. The molecule has 0 amide bonds. The first-order valence-electron chi connectivity index (χ1n) is 5.98. The highest BCUT2D eigenvalue weighted by molar-refractivity contribution is 7.86. The van der Waals surface area contributed by atoms with Crippen molar-refractivity contribution >= 4 is 22.1 Å². The average molecular weight is 328 g/mol. The van der Waals surface area contributed by atoms with E-state index in [-0.39, 0.29) is 26.4 Å². The van der Waals surface area contributed by atoms with Gasteiger partial charge in [0.15, 0.2) is 6.10 Å². The van der Waals surface area contributed by atoms with Gasteiger partial charge in [-0.15, -0.1) is 0 Å². The Morgan fingerprint density at radius 3 is 1.95 bits per heavy atom. The fourth-order valence-electron chi connectivity index (χ4n) is 1.14. The summed E-state index contributed by atoms with van der Waals surface area (Å²) in [7, 11) is -1.10. The standard InChI is InChI=1S/C11H20O9S/c1-16-4-6-18-10(12)8-9(20-21(3,14)15)11(13)19-7-5-17-2/h9H,4-8H2,1-3H3. The van der Waals surface area contributed by atoms with E-state index >= 15 is 0 Å². The minimum Gasteiger partial charge on any atom is -0.463 e. The normalized spacial score (nSPS) is 12.7. The summed E-state index contributed by atoms with van der Waals surface area (Å²) in [4.78, 5) is 23.1. The lowest BCUT2D eigenvalue weighted by Crippen LogP contribution is -2.32. The molecule has 0 aromatic heterocycles. The third-order valence-corrected chi connectivity index (χ3v) is 2.57. The quantitative estimate of drug-likeness (QED) is 0.270. The molecular weight excluding hydrogens is 308 g/mol. The van der Waals surface area contributed by atoms with Gasteiger partial charge >= 0.3 is 11.9 Å². The molecular formula is C11H20O9S. The first-order valence-corrected chi connectivity index (χ1v) is 7.80. The van der Waals surface area contributed by atoms with Gasteiger partial charge in [0, 0.05) is 14.2 Å². The van der Waals surface area contributed by atoms with Gasteiger partial charge in [-0.25, -0.2) is 4.79 Å². The van der Waals surface area contributed by atoms with Gasteiger partial charge in [-0.05, 0) is 0 Å². The lowest BCUT2D eigenvalue weighted by atomic mass is 10.2. The molecule has 0 spiro atoms. The molecule has 124 valence electrons. The van der Waals surface area contributed by atoms with Gasteiger partial charge in [0.2, 0.25) is 0 Å². The van der Waals surface area contributed by atoms with Gasteiger partial charge in [0.05, 0.1) is 25.9 Å². The fourth-order valence-corrected chi connectivity index (χ4v) is 1.70. The van der Waals surface area contributed by atoms with Crippen LogP contribution < -0.4 is 0 Å². The van der Waals surface area contributed by atoms with Crippen molar-refractivity contribution in [2.45, 2.75) is 12.5 Å². The number of esters is 2. The van der Waals surface area contributed by atoms with Crippen molar-refractivity contribution in [1.29, 1.82) is 0 Å². The molecule has 21 heavy (non-hydrogen) atoms. The molecule has 0 saturated heterocycles. The summed E-state index contributed by atoms with van der Waals surface area (Å²) in [6, 6.07) is 0. The van der Waals surface area contributed by atoms with Crippen LogP contribution in [0.3, 0.4) is 0 Å². The number of hydrogen-bond acceptors (Lipinski definition) is 9. The van der Waals surface area contributed by atoms with Gasteiger partial charge in [0.1, 0.15) is 13.2 Å². The Bertz CT molecular complexity index is 417. The maximum atomic E-state index is 11.7. The topological polar surface area (TPSA) is 114 Å². The number of hydrogen-bond donors (Lipinski definition) is 0. The zero-order valence-corrected chi connectivity index (χ0v) is 13.0. The van der Waals surface area contributed by atoms with Crippen LogP contribution in [0.15, 0.2) is 0 Å². The second-order valence-electron chi connectivity index (χ2n) is 3.87. The number of methoxy groups -OCH3 is 2. The Kier molecular flexibility index (Phi) is 9.88. The Morgan fingerprint density at radius 2 is 1.48 bits per heavy atom. The van der Waals surface area contributed by atoms with E-state index in [1.807, 2.05) is 0 Å². The highest BCUT2D eigenvalue weighted by Gasteiger charge is 2.29. The maximum Gasteiger partial charge on any atom is 0.337 e. The van der Waals surface area contributed by atoms with Crippen molar-refractivity contribution in [3.63, 3.8) is 0 Å². The Hall–Kier alpha value is -1.23. The highest BCUT2D eigenvalue weighted by atomic mass is 32.2. The van der Waals surface area contributed by atoms with E-state index in [1.54, 1.807) is 0 Å². The van der Waals surface area contributed by atoms with Crippen molar-refractivity contribution in [3.05, 3.63) is 0 Å². The first kappa shape index (κ1) is 19.8. The third-order valence-electron chi connectivity index (χ3n) is 1.99. The van der Waals surface area contributed by atoms with E-state index in [9.17, 15) is 18.0 Å². The van der Waals surface area contributed by atoms with Crippen molar-refractivity contribution in [2.75, 3.05) is 46.9 Å². The predicted molar refractivity (Wildman–Crippen MR) is 70.0 cm³/mol. The molecule has 0 aliphatic rings. The van der Waals surface area contributed by atoms with E-state index in [0.29, 0.717) is 0 Å². The van der Waals surface area contributed by atoms with Gasteiger partial charge in [-0.1, -0.05) is 0 Å². The van der Waals surface area contributed by atoms with E-state index in [0.717, 1.165) is 6.26 Å². The van der Waals surface area contributed by atoms with Crippen LogP contribution >= 0.6 is 0 Å². The van der Waals surface area contributed by atoms with E-state index in [1.165, 1.54) is 14.2 Å². The Balaban J connectivity index is 4.51. The summed E-state index contributed by atoms with van der Waals surface area (Å²) in [5.41, 5.74) is 0. The fraction of sp³-hybridized carbons (Fsp3) is 0.818. The monoisotopic (exact) mass is 328 g/mol. The lowest BCUT2D eigenvalue weighted by molar-refractivity contribution is -0.159. The minimum atomic E-state index is -3.93.